The first-order valence-corrected chi connectivity index (χ1v) is 18.8. The van der Waals surface area contributed by atoms with Gasteiger partial charge >= 0.3 is 0 Å². The highest BCUT2D eigenvalue weighted by Gasteiger charge is 2.22. The van der Waals surface area contributed by atoms with Gasteiger partial charge in [-0.2, -0.15) is 0 Å². The van der Waals surface area contributed by atoms with Crippen LogP contribution in [0.5, 0.6) is 0 Å². The van der Waals surface area contributed by atoms with E-state index in [1.807, 2.05) is 17.4 Å². The second kappa shape index (κ2) is 11.9. The lowest BCUT2D eigenvalue weighted by atomic mass is 9.96. The molecule has 0 unspecified atom stereocenters. The molecule has 0 aliphatic heterocycles. The van der Waals surface area contributed by atoms with Gasteiger partial charge in [0, 0.05) is 42.3 Å². The Bertz CT molecular complexity index is 3190. The van der Waals surface area contributed by atoms with Crippen molar-refractivity contribution in [2.24, 2.45) is 0 Å². The average molecular weight is 694 g/mol. The van der Waals surface area contributed by atoms with Crippen LogP contribution in [0.1, 0.15) is 0 Å². The van der Waals surface area contributed by atoms with E-state index in [0.29, 0.717) is 0 Å². The van der Waals surface area contributed by atoms with Crippen LogP contribution in [-0.4, -0.2) is 0 Å². The smallest absolute Gasteiger partial charge is 0.159 e. The maximum Gasteiger partial charge on any atom is 0.159 e. The first kappa shape index (κ1) is 30.0. The summed E-state index contributed by atoms with van der Waals surface area (Å²) >= 11 is 1.85. The zero-order valence-corrected chi connectivity index (χ0v) is 29.5. The number of hydrogen-bond acceptors (Lipinski definition) is 3. The fourth-order valence-electron chi connectivity index (χ4n) is 8.07. The highest BCUT2D eigenvalue weighted by Crippen LogP contribution is 2.46. The molecular formula is C50H31NOS. The monoisotopic (exact) mass is 693 g/mol. The van der Waals surface area contributed by atoms with Crippen LogP contribution in [-0.2, 0) is 0 Å². The summed E-state index contributed by atoms with van der Waals surface area (Å²) in [6.07, 6.45) is 0. The second-order valence-electron chi connectivity index (χ2n) is 13.7. The molecule has 3 heteroatoms. The highest BCUT2D eigenvalue weighted by molar-refractivity contribution is 7.25. The van der Waals surface area contributed by atoms with E-state index in [9.17, 15) is 0 Å². The molecule has 0 aliphatic carbocycles. The van der Waals surface area contributed by atoms with Gasteiger partial charge in [0.1, 0.15) is 5.58 Å². The molecule has 9 aromatic carbocycles. The molecule has 2 nitrogen and oxygen atoms in total. The lowest BCUT2D eigenvalue weighted by Gasteiger charge is -2.27. The zero-order valence-electron chi connectivity index (χ0n) is 28.7. The van der Waals surface area contributed by atoms with Crippen LogP contribution in [0.15, 0.2) is 192 Å². The van der Waals surface area contributed by atoms with E-state index in [1.165, 1.54) is 52.8 Å². The van der Waals surface area contributed by atoms with Crippen LogP contribution < -0.4 is 4.90 Å². The molecule has 11 rings (SSSR count). The predicted molar refractivity (Wildman–Crippen MR) is 227 cm³/mol. The van der Waals surface area contributed by atoms with E-state index in [4.69, 9.17) is 4.42 Å². The number of hydrogen-bond donors (Lipinski definition) is 0. The average Bonchev–Trinajstić information content (AvgIpc) is 3.80. The van der Waals surface area contributed by atoms with Gasteiger partial charge in [0.2, 0.25) is 0 Å². The molecule has 0 aliphatic rings. The topological polar surface area (TPSA) is 16.4 Å². The molecule has 0 spiro atoms. The van der Waals surface area contributed by atoms with Crippen molar-refractivity contribution >= 4 is 92.1 Å². The summed E-state index contributed by atoms with van der Waals surface area (Å²) in [6.45, 7) is 0. The van der Waals surface area contributed by atoms with Gasteiger partial charge in [-0.15, -0.1) is 11.3 Å². The van der Waals surface area contributed by atoms with Crippen molar-refractivity contribution in [1.29, 1.82) is 0 Å². The fraction of sp³-hybridized carbons (Fsp3) is 0. The lowest BCUT2D eigenvalue weighted by molar-refractivity contribution is 0.669. The van der Waals surface area contributed by atoms with E-state index in [1.54, 1.807) is 0 Å². The Morgan fingerprint density at radius 1 is 0.358 bits per heavy atom. The molecule has 11 aromatic rings. The van der Waals surface area contributed by atoms with E-state index < -0.39 is 0 Å². The van der Waals surface area contributed by atoms with Crippen molar-refractivity contribution in [2.75, 3.05) is 4.90 Å². The number of anilines is 3. The third-order valence-corrected chi connectivity index (χ3v) is 11.8. The quantitative estimate of drug-likeness (QED) is 0.167. The van der Waals surface area contributed by atoms with Gasteiger partial charge in [-0.05, 0) is 104 Å². The maximum atomic E-state index is 6.73. The molecule has 0 N–H and O–H groups in total. The van der Waals surface area contributed by atoms with Gasteiger partial charge in [0.05, 0.1) is 5.69 Å². The molecule has 0 amide bonds. The molecule has 0 saturated heterocycles. The van der Waals surface area contributed by atoms with E-state index in [2.05, 4.69) is 187 Å². The number of benzene rings is 9. The Morgan fingerprint density at radius 3 is 1.92 bits per heavy atom. The Hall–Kier alpha value is -6.68. The van der Waals surface area contributed by atoms with Gasteiger partial charge in [-0.25, -0.2) is 0 Å². The van der Waals surface area contributed by atoms with Gasteiger partial charge in [-0.1, -0.05) is 127 Å². The van der Waals surface area contributed by atoms with E-state index >= 15 is 0 Å². The van der Waals surface area contributed by atoms with Crippen molar-refractivity contribution in [3.05, 3.63) is 188 Å². The largest absolute Gasteiger partial charge is 0.454 e. The number of rotatable bonds is 5. The summed E-state index contributed by atoms with van der Waals surface area (Å²) in [5.41, 5.74) is 9.54. The second-order valence-corrected chi connectivity index (χ2v) is 14.8. The van der Waals surface area contributed by atoms with E-state index in [-0.39, 0.29) is 0 Å². The SMILES string of the molecule is c1ccc(-c2cc(-c3ccc4sc5ccccc5c4c3)cc(N(c3ccc4ccc5ccccc5c4c3)c3cccc4c3oc3ccccc34)c2)cc1. The first-order valence-electron chi connectivity index (χ1n) is 18.0. The van der Waals surface area contributed by atoms with E-state index in [0.717, 1.165) is 50.1 Å². The van der Waals surface area contributed by atoms with Crippen molar-refractivity contribution < 1.29 is 4.42 Å². The molecule has 2 aromatic heterocycles. The highest BCUT2D eigenvalue weighted by atomic mass is 32.1. The van der Waals surface area contributed by atoms with Crippen LogP contribution in [0.4, 0.5) is 17.1 Å². The minimum absolute atomic E-state index is 0.865. The number of thiophene rings is 1. The minimum atomic E-state index is 0.865. The van der Waals surface area contributed by atoms with Gasteiger partial charge in [0.15, 0.2) is 5.58 Å². The molecule has 0 fully saturated rings. The Balaban J connectivity index is 1.21. The fourth-order valence-corrected chi connectivity index (χ4v) is 9.16. The molecule has 0 radical (unpaired) electrons. The Morgan fingerprint density at radius 2 is 1.04 bits per heavy atom. The molecule has 248 valence electrons. The summed E-state index contributed by atoms with van der Waals surface area (Å²) in [6, 6.07) is 68.2. The normalized spacial score (nSPS) is 11.8. The predicted octanol–water partition coefficient (Wildman–Crippen LogP) is 15.1. The summed E-state index contributed by atoms with van der Waals surface area (Å²) in [4.78, 5) is 2.39. The van der Waals surface area contributed by atoms with Crippen LogP contribution in [0.3, 0.4) is 0 Å². The van der Waals surface area contributed by atoms with Crippen LogP contribution in [0.25, 0.3) is 85.9 Å². The summed E-state index contributed by atoms with van der Waals surface area (Å²) in [5.74, 6) is 0. The number of fused-ring (bicyclic) bond motifs is 9. The zero-order chi connectivity index (χ0) is 34.9. The first-order chi connectivity index (χ1) is 26.2. The third kappa shape index (κ3) is 4.93. The third-order valence-electron chi connectivity index (χ3n) is 10.6. The summed E-state index contributed by atoms with van der Waals surface area (Å²) in [7, 11) is 0. The van der Waals surface area contributed by atoms with Crippen molar-refractivity contribution in [1.82, 2.24) is 0 Å². The molecular weight excluding hydrogens is 663 g/mol. The number of furan rings is 1. The lowest BCUT2D eigenvalue weighted by Crippen LogP contribution is -2.10. The maximum absolute atomic E-state index is 6.73. The molecule has 0 bridgehead atoms. The standard InChI is InChI=1S/C50H31NOS/c1-2-11-32(12-3-1)36-27-37(35-24-26-49-45(30-35)42-16-7-9-20-48(42)53-49)29-39(28-36)51(46-18-10-17-43-41-15-6-8-19-47(41)52-50(43)46)38-25-23-34-22-21-33-13-4-5-14-40(33)44(34)31-38/h1-31H. The summed E-state index contributed by atoms with van der Waals surface area (Å²) in [5, 5.41) is 9.71. The summed E-state index contributed by atoms with van der Waals surface area (Å²) < 4.78 is 9.35. The molecule has 0 saturated carbocycles. The van der Waals surface area contributed by atoms with Crippen molar-refractivity contribution in [2.45, 2.75) is 0 Å². The van der Waals surface area contributed by atoms with Gasteiger partial charge < -0.3 is 9.32 Å². The van der Waals surface area contributed by atoms with Crippen LogP contribution >= 0.6 is 11.3 Å². The van der Waals surface area contributed by atoms with Crippen molar-refractivity contribution in [3.63, 3.8) is 0 Å². The molecule has 0 atom stereocenters. The van der Waals surface area contributed by atoms with Gasteiger partial charge in [-0.3, -0.25) is 0 Å². The molecule has 2 heterocycles. The Kier molecular flexibility index (Phi) is 6.76. The number of nitrogens with zero attached hydrogens (tertiary/aromatic N) is 1. The Labute approximate surface area is 310 Å². The van der Waals surface area contributed by atoms with Crippen LogP contribution in [0, 0.1) is 0 Å². The molecule has 53 heavy (non-hydrogen) atoms. The minimum Gasteiger partial charge on any atom is -0.454 e. The number of para-hydroxylation sites is 2. The van der Waals surface area contributed by atoms with Crippen molar-refractivity contribution in [3.8, 4) is 22.3 Å². The van der Waals surface area contributed by atoms with Gasteiger partial charge in [0.25, 0.3) is 0 Å². The van der Waals surface area contributed by atoms with Crippen LogP contribution in [0.2, 0.25) is 0 Å².